The van der Waals surface area contributed by atoms with Crippen molar-refractivity contribution in [2.75, 3.05) is 79.1 Å². The molecule has 0 aromatic carbocycles. The summed E-state index contributed by atoms with van der Waals surface area (Å²) in [5, 5.41) is 5.05. The second-order valence-corrected chi connectivity index (χ2v) is 19.9. The van der Waals surface area contributed by atoms with E-state index in [1.165, 1.54) is 7.11 Å². The SMILES string of the molecule is CCC1(C)CCN(c2nc3c(nc2C(N)=O)c(N2CCCc4ncccc42)nn3C2CCCCO2)CC1.COC(=O)c1nc2c(nc1N1CCC(C)(CN)CC1)CN=C2N1CCCc2ncccc21. The van der Waals surface area contributed by atoms with E-state index in [2.05, 4.69) is 62.5 Å². The fraction of sp³-hybridized carbons (Fsp3) is 0.560. The molecule has 1 amide bonds. The van der Waals surface area contributed by atoms with Gasteiger partial charge in [0, 0.05) is 58.3 Å². The number of fused-ring (bicyclic) bond motifs is 4. The molecule has 11 heterocycles. The molecule has 11 rings (SSSR count). The topological polar surface area (TPSA) is 225 Å². The number of nitrogens with zero attached hydrogens (tertiary/aromatic N) is 13. The van der Waals surface area contributed by atoms with Gasteiger partial charge in [-0.3, -0.25) is 19.8 Å². The summed E-state index contributed by atoms with van der Waals surface area (Å²) in [6.45, 7) is 13.4. The van der Waals surface area contributed by atoms with E-state index in [-0.39, 0.29) is 23.0 Å². The van der Waals surface area contributed by atoms with E-state index in [0.717, 1.165) is 151 Å². The van der Waals surface area contributed by atoms with Gasteiger partial charge in [-0.1, -0.05) is 27.2 Å². The number of esters is 1. The number of hydrogen-bond acceptors (Lipinski definition) is 17. The number of amides is 1. The van der Waals surface area contributed by atoms with Gasteiger partial charge >= 0.3 is 5.97 Å². The average Bonchev–Trinajstić information content (AvgIpc) is 3.99. The van der Waals surface area contributed by atoms with Crippen LogP contribution in [0.5, 0.6) is 0 Å². The molecule has 3 saturated heterocycles. The van der Waals surface area contributed by atoms with Crippen molar-refractivity contribution in [2.24, 2.45) is 27.3 Å². The largest absolute Gasteiger partial charge is 0.464 e. The van der Waals surface area contributed by atoms with E-state index in [9.17, 15) is 9.59 Å². The maximum absolute atomic E-state index is 12.7. The van der Waals surface area contributed by atoms with Crippen LogP contribution in [0.15, 0.2) is 41.7 Å². The summed E-state index contributed by atoms with van der Waals surface area (Å²) in [7, 11) is 1.38. The summed E-state index contributed by atoms with van der Waals surface area (Å²) in [4.78, 5) is 67.6. The van der Waals surface area contributed by atoms with Crippen LogP contribution >= 0.6 is 0 Å². The molecule has 364 valence electrons. The van der Waals surface area contributed by atoms with Crippen molar-refractivity contribution in [1.29, 1.82) is 0 Å². The van der Waals surface area contributed by atoms with Crippen molar-refractivity contribution < 1.29 is 19.1 Å². The van der Waals surface area contributed by atoms with Gasteiger partial charge in [-0.25, -0.2) is 29.4 Å². The predicted molar refractivity (Wildman–Crippen MR) is 264 cm³/mol. The molecular formula is C50H65N15O4. The Labute approximate surface area is 403 Å². The van der Waals surface area contributed by atoms with Crippen molar-refractivity contribution in [3.05, 3.63) is 70.8 Å². The van der Waals surface area contributed by atoms with E-state index in [0.29, 0.717) is 59.4 Å². The van der Waals surface area contributed by atoms with E-state index >= 15 is 0 Å². The Hall–Kier alpha value is -6.34. The zero-order valence-electron chi connectivity index (χ0n) is 40.5. The van der Waals surface area contributed by atoms with Crippen LogP contribution in [0.2, 0.25) is 0 Å². The van der Waals surface area contributed by atoms with Gasteiger partial charge in [0.05, 0.1) is 42.1 Å². The molecule has 0 aliphatic carbocycles. The first-order chi connectivity index (χ1) is 33.5. The maximum atomic E-state index is 12.7. The number of ether oxygens (including phenoxy) is 2. The first-order valence-corrected chi connectivity index (χ1v) is 24.9. The third-order valence-corrected chi connectivity index (χ3v) is 15.4. The fourth-order valence-corrected chi connectivity index (χ4v) is 10.6. The lowest BCUT2D eigenvalue weighted by molar-refractivity contribution is -0.0368. The minimum Gasteiger partial charge on any atom is -0.464 e. The van der Waals surface area contributed by atoms with Gasteiger partial charge in [-0.05, 0) is 112 Å². The predicted octanol–water partition coefficient (Wildman–Crippen LogP) is 6.06. The third-order valence-electron chi connectivity index (χ3n) is 15.4. The van der Waals surface area contributed by atoms with Crippen LogP contribution in [0.4, 0.5) is 28.8 Å². The molecule has 0 spiro atoms. The fourth-order valence-electron chi connectivity index (χ4n) is 10.6. The van der Waals surface area contributed by atoms with Crippen molar-refractivity contribution in [3.8, 4) is 0 Å². The molecule has 4 N–H and O–H groups in total. The van der Waals surface area contributed by atoms with E-state index in [1.54, 1.807) is 0 Å². The molecule has 0 radical (unpaired) electrons. The number of piperidine rings is 2. The van der Waals surface area contributed by atoms with E-state index < -0.39 is 11.9 Å². The first kappa shape index (κ1) is 46.4. The number of methoxy groups -OCH3 is 1. The molecule has 19 heteroatoms. The molecule has 3 fully saturated rings. The van der Waals surface area contributed by atoms with Crippen LogP contribution < -0.4 is 31.1 Å². The highest BCUT2D eigenvalue weighted by Crippen LogP contribution is 2.41. The van der Waals surface area contributed by atoms with Gasteiger partial charge in [0.25, 0.3) is 5.91 Å². The summed E-state index contributed by atoms with van der Waals surface area (Å²) in [5.41, 5.74) is 19.6. The lowest BCUT2D eigenvalue weighted by atomic mass is 9.78. The molecule has 5 aromatic heterocycles. The van der Waals surface area contributed by atoms with Crippen molar-refractivity contribution >= 4 is 57.7 Å². The van der Waals surface area contributed by atoms with E-state index in [1.807, 2.05) is 29.2 Å². The minimum atomic E-state index is -0.568. The van der Waals surface area contributed by atoms with Crippen LogP contribution in [-0.2, 0) is 28.9 Å². The van der Waals surface area contributed by atoms with Gasteiger partial charge in [0.1, 0.15) is 5.69 Å². The number of aryl methyl sites for hydroxylation is 2. The van der Waals surface area contributed by atoms with Crippen LogP contribution in [0.25, 0.3) is 11.2 Å². The summed E-state index contributed by atoms with van der Waals surface area (Å²) in [5.74, 6) is 1.54. The summed E-state index contributed by atoms with van der Waals surface area (Å²) in [6, 6.07) is 8.01. The highest BCUT2D eigenvalue weighted by Gasteiger charge is 2.37. The van der Waals surface area contributed by atoms with Gasteiger partial charge < -0.3 is 40.5 Å². The van der Waals surface area contributed by atoms with Gasteiger partial charge in [0.15, 0.2) is 52.1 Å². The summed E-state index contributed by atoms with van der Waals surface area (Å²) < 4.78 is 13.1. The molecule has 6 aliphatic rings. The van der Waals surface area contributed by atoms with Crippen LogP contribution in [0.3, 0.4) is 0 Å². The number of carbonyl (C=O) groups excluding carboxylic acids is 2. The normalized spacial score (nSPS) is 20.6. The Balaban J connectivity index is 0.000000162. The summed E-state index contributed by atoms with van der Waals surface area (Å²) in [6.07, 6.45) is 15.3. The van der Waals surface area contributed by atoms with Crippen molar-refractivity contribution in [2.45, 2.75) is 111 Å². The first-order valence-electron chi connectivity index (χ1n) is 24.9. The van der Waals surface area contributed by atoms with Gasteiger partial charge in [0.2, 0.25) is 0 Å². The molecule has 0 saturated carbocycles. The Morgan fingerprint density at radius 3 is 2.01 bits per heavy atom. The van der Waals surface area contributed by atoms with Crippen LogP contribution in [-0.4, -0.2) is 117 Å². The van der Waals surface area contributed by atoms with Crippen molar-refractivity contribution in [1.82, 2.24) is 39.7 Å². The Bertz CT molecular complexity index is 2750. The molecule has 0 bridgehead atoms. The number of amidine groups is 1. The average molecular weight is 940 g/mol. The molecule has 1 atom stereocenters. The monoisotopic (exact) mass is 940 g/mol. The number of primary amides is 1. The molecular weight excluding hydrogens is 875 g/mol. The Morgan fingerprint density at radius 1 is 0.768 bits per heavy atom. The van der Waals surface area contributed by atoms with Crippen LogP contribution in [0.1, 0.15) is 135 Å². The second kappa shape index (κ2) is 19.2. The molecule has 69 heavy (non-hydrogen) atoms. The quantitative estimate of drug-likeness (QED) is 0.169. The number of nitrogens with two attached hydrogens (primary N) is 2. The number of rotatable bonds is 8. The number of aromatic nitrogens is 8. The molecule has 6 aliphatic heterocycles. The zero-order chi connectivity index (χ0) is 47.9. The molecule has 1 unspecified atom stereocenters. The standard InChI is InChI=1S/C27H36N8O2.C23H29N7O2/c1-3-27(2)11-15-33(16-12-27)24-21(23(28)36)30-22-25(31-24)35(20-10-4-5-17-37-20)32-26(22)34-14-7-8-18-19(34)9-6-13-29-18;1-23(14-24)7-11-29(12-8-23)21-19(22(31)32-2)28-18-16(27-21)13-26-20(18)30-10-4-5-15-17(30)6-3-9-25-15/h6,9,13,20H,3-5,7-8,10-12,14-17H2,1-2H3,(H2,28,36);3,6,9H,4-5,7-8,10-14,24H2,1-2H3. The highest BCUT2D eigenvalue weighted by molar-refractivity contribution is 6.12. The lowest BCUT2D eigenvalue weighted by Crippen LogP contribution is -2.43. The highest BCUT2D eigenvalue weighted by atomic mass is 16.5. The van der Waals surface area contributed by atoms with E-state index in [4.69, 9.17) is 51.0 Å². The number of aliphatic imine (C=N–C) groups is 1. The third kappa shape index (κ3) is 8.94. The minimum absolute atomic E-state index is 0.123. The maximum Gasteiger partial charge on any atom is 0.360 e. The second-order valence-electron chi connectivity index (χ2n) is 19.9. The molecule has 5 aromatic rings. The molecule has 19 nitrogen and oxygen atoms in total. The smallest absolute Gasteiger partial charge is 0.360 e. The van der Waals surface area contributed by atoms with Gasteiger partial charge in [-0.2, -0.15) is 0 Å². The summed E-state index contributed by atoms with van der Waals surface area (Å²) >= 11 is 0. The number of pyridine rings is 2. The zero-order valence-corrected chi connectivity index (χ0v) is 40.5. The van der Waals surface area contributed by atoms with Gasteiger partial charge in [-0.15, -0.1) is 5.10 Å². The Morgan fingerprint density at radius 2 is 1.41 bits per heavy atom. The Kier molecular flexibility index (Phi) is 12.9. The lowest BCUT2D eigenvalue weighted by Gasteiger charge is -2.39. The number of hydrogen-bond donors (Lipinski definition) is 2. The number of carbonyl (C=O) groups is 2. The van der Waals surface area contributed by atoms with Crippen LogP contribution in [0, 0.1) is 10.8 Å². The number of anilines is 5. The van der Waals surface area contributed by atoms with Crippen molar-refractivity contribution in [3.63, 3.8) is 0 Å².